The summed E-state index contributed by atoms with van der Waals surface area (Å²) in [6.45, 7) is 9.44. The van der Waals surface area contributed by atoms with E-state index >= 15 is 0 Å². The predicted molar refractivity (Wildman–Crippen MR) is 84.1 cm³/mol. The molecule has 0 aliphatic carbocycles. The van der Waals surface area contributed by atoms with Crippen molar-refractivity contribution in [3.05, 3.63) is 41.7 Å². The third kappa shape index (κ3) is 3.67. The minimum atomic E-state index is 0.174. The highest BCUT2D eigenvalue weighted by Crippen LogP contribution is 2.20. The summed E-state index contributed by atoms with van der Waals surface area (Å²) < 4.78 is 1.99. The molecule has 5 nitrogen and oxygen atoms in total. The lowest BCUT2D eigenvalue weighted by Crippen LogP contribution is -2.26. The van der Waals surface area contributed by atoms with E-state index in [9.17, 15) is 0 Å². The molecule has 2 rings (SSSR count). The lowest BCUT2D eigenvalue weighted by atomic mass is 10.0. The van der Waals surface area contributed by atoms with Crippen LogP contribution in [-0.2, 0) is 12.8 Å². The van der Waals surface area contributed by atoms with Crippen LogP contribution in [0, 0.1) is 0 Å². The van der Waals surface area contributed by atoms with E-state index in [1.807, 2.05) is 16.9 Å². The third-order valence-corrected chi connectivity index (χ3v) is 3.61. The molecule has 1 N–H and O–H groups in total. The zero-order chi connectivity index (χ0) is 15.2. The van der Waals surface area contributed by atoms with Gasteiger partial charge in [0.2, 0.25) is 0 Å². The normalized spacial score (nSPS) is 12.8. The monoisotopic (exact) mass is 287 g/mol. The van der Waals surface area contributed by atoms with Crippen LogP contribution in [-0.4, -0.2) is 26.3 Å². The molecule has 1 atom stereocenters. The first-order chi connectivity index (χ1) is 10.2. The van der Waals surface area contributed by atoms with Crippen molar-refractivity contribution in [1.29, 1.82) is 0 Å². The van der Waals surface area contributed by atoms with Crippen LogP contribution in [0.3, 0.4) is 0 Å². The van der Waals surface area contributed by atoms with Gasteiger partial charge in [-0.05, 0) is 38.4 Å². The van der Waals surface area contributed by atoms with Gasteiger partial charge in [-0.3, -0.25) is 4.98 Å². The van der Waals surface area contributed by atoms with Crippen LogP contribution < -0.4 is 5.32 Å². The van der Waals surface area contributed by atoms with Crippen molar-refractivity contribution in [3.63, 3.8) is 0 Å². The first-order valence-electron chi connectivity index (χ1n) is 7.72. The van der Waals surface area contributed by atoms with Gasteiger partial charge in [-0.2, -0.15) is 5.10 Å². The SMILES string of the molecule is CCNC(Cc1ncnn1C(C)C)c1ncccc1CC. The molecule has 0 bridgehead atoms. The smallest absolute Gasteiger partial charge is 0.138 e. The standard InChI is InChI=1S/C16H25N5/c1-5-13-8-7-9-18-16(13)14(17-6-2)10-15-19-11-20-21(15)12(3)4/h7-9,11-12,14,17H,5-6,10H2,1-4H3. The maximum atomic E-state index is 4.60. The fourth-order valence-corrected chi connectivity index (χ4v) is 2.61. The Morgan fingerprint density at radius 2 is 2.05 bits per heavy atom. The van der Waals surface area contributed by atoms with Gasteiger partial charge in [0.25, 0.3) is 0 Å². The fourth-order valence-electron chi connectivity index (χ4n) is 2.61. The average Bonchev–Trinajstić information content (AvgIpc) is 2.95. The summed E-state index contributed by atoms with van der Waals surface area (Å²) >= 11 is 0. The van der Waals surface area contributed by atoms with Crippen LogP contribution in [0.1, 0.15) is 56.9 Å². The highest BCUT2D eigenvalue weighted by Gasteiger charge is 2.19. The van der Waals surface area contributed by atoms with Crippen LogP contribution in [0.2, 0.25) is 0 Å². The molecule has 0 saturated heterocycles. The molecule has 5 heteroatoms. The summed E-state index contributed by atoms with van der Waals surface area (Å²) in [6, 6.07) is 4.65. The van der Waals surface area contributed by atoms with Gasteiger partial charge in [-0.15, -0.1) is 0 Å². The molecule has 114 valence electrons. The van der Waals surface area contributed by atoms with Crippen molar-refractivity contribution in [2.24, 2.45) is 0 Å². The molecule has 0 aromatic carbocycles. The van der Waals surface area contributed by atoms with E-state index in [0.717, 1.165) is 30.9 Å². The molecule has 1 unspecified atom stereocenters. The van der Waals surface area contributed by atoms with Crippen LogP contribution in [0.15, 0.2) is 24.7 Å². The van der Waals surface area contributed by atoms with Gasteiger partial charge in [0.1, 0.15) is 12.2 Å². The number of nitrogens with zero attached hydrogens (tertiary/aromatic N) is 4. The van der Waals surface area contributed by atoms with Crippen LogP contribution >= 0.6 is 0 Å². The number of nitrogens with one attached hydrogen (secondary N) is 1. The summed E-state index contributed by atoms with van der Waals surface area (Å²) in [5.41, 5.74) is 2.42. The average molecular weight is 287 g/mol. The van der Waals surface area contributed by atoms with E-state index in [2.05, 4.69) is 54.1 Å². The first-order valence-corrected chi connectivity index (χ1v) is 7.72. The van der Waals surface area contributed by atoms with Gasteiger partial charge in [0.15, 0.2) is 0 Å². The largest absolute Gasteiger partial charge is 0.309 e. The Bertz CT molecular complexity index is 561. The quantitative estimate of drug-likeness (QED) is 0.850. The number of rotatable bonds is 7. The Kier molecular flexibility index (Phi) is 5.44. The second kappa shape index (κ2) is 7.31. The van der Waals surface area contributed by atoms with Gasteiger partial charge in [0.05, 0.1) is 11.7 Å². The van der Waals surface area contributed by atoms with E-state index in [0.29, 0.717) is 6.04 Å². The van der Waals surface area contributed by atoms with E-state index in [1.54, 1.807) is 6.33 Å². The summed E-state index contributed by atoms with van der Waals surface area (Å²) in [7, 11) is 0. The summed E-state index contributed by atoms with van der Waals surface area (Å²) in [5, 5.41) is 7.86. The maximum absolute atomic E-state index is 4.60. The number of hydrogen-bond donors (Lipinski definition) is 1. The summed E-state index contributed by atoms with van der Waals surface area (Å²) in [4.78, 5) is 9.03. The number of hydrogen-bond acceptors (Lipinski definition) is 4. The number of aromatic nitrogens is 4. The lowest BCUT2D eigenvalue weighted by molar-refractivity contribution is 0.462. The number of aryl methyl sites for hydroxylation is 1. The molecular weight excluding hydrogens is 262 g/mol. The zero-order valence-corrected chi connectivity index (χ0v) is 13.4. The maximum Gasteiger partial charge on any atom is 0.138 e. The van der Waals surface area contributed by atoms with Crippen molar-refractivity contribution >= 4 is 0 Å². The topological polar surface area (TPSA) is 55.6 Å². The predicted octanol–water partition coefficient (Wildman–Crippen LogP) is 2.71. The Morgan fingerprint density at radius 3 is 2.71 bits per heavy atom. The molecule has 0 aliphatic heterocycles. The van der Waals surface area contributed by atoms with E-state index in [4.69, 9.17) is 0 Å². The molecule has 0 saturated carbocycles. The van der Waals surface area contributed by atoms with Crippen molar-refractivity contribution in [2.45, 2.75) is 52.6 Å². The van der Waals surface area contributed by atoms with Crippen molar-refractivity contribution in [1.82, 2.24) is 25.1 Å². The first kappa shape index (κ1) is 15.6. The highest BCUT2D eigenvalue weighted by molar-refractivity contribution is 5.23. The van der Waals surface area contributed by atoms with Crippen molar-refractivity contribution < 1.29 is 0 Å². The van der Waals surface area contributed by atoms with Crippen LogP contribution in [0.4, 0.5) is 0 Å². The van der Waals surface area contributed by atoms with Crippen LogP contribution in [0.5, 0.6) is 0 Å². The fraction of sp³-hybridized carbons (Fsp3) is 0.562. The molecule has 0 aliphatic rings. The number of likely N-dealkylation sites (N-methyl/N-ethyl adjacent to an activating group) is 1. The van der Waals surface area contributed by atoms with Crippen molar-refractivity contribution in [2.75, 3.05) is 6.54 Å². The summed E-state index contributed by atoms with van der Waals surface area (Å²) in [6.07, 6.45) is 5.29. The van der Waals surface area contributed by atoms with Gasteiger partial charge < -0.3 is 5.32 Å². The van der Waals surface area contributed by atoms with Crippen molar-refractivity contribution in [3.8, 4) is 0 Å². The molecule has 0 radical (unpaired) electrons. The van der Waals surface area contributed by atoms with Gasteiger partial charge in [0, 0.05) is 18.7 Å². The Morgan fingerprint density at radius 1 is 1.24 bits per heavy atom. The van der Waals surface area contributed by atoms with E-state index < -0.39 is 0 Å². The molecule has 0 fully saturated rings. The van der Waals surface area contributed by atoms with Gasteiger partial charge in [-0.1, -0.05) is 19.9 Å². The Labute approximate surface area is 126 Å². The Hall–Kier alpha value is -1.75. The molecule has 2 heterocycles. The molecule has 2 aromatic heterocycles. The second-order valence-corrected chi connectivity index (χ2v) is 5.43. The number of pyridine rings is 1. The van der Waals surface area contributed by atoms with E-state index in [1.165, 1.54) is 5.56 Å². The Balaban J connectivity index is 2.29. The molecular formula is C16H25N5. The van der Waals surface area contributed by atoms with Crippen LogP contribution in [0.25, 0.3) is 0 Å². The highest BCUT2D eigenvalue weighted by atomic mass is 15.3. The lowest BCUT2D eigenvalue weighted by Gasteiger charge is -2.20. The molecule has 21 heavy (non-hydrogen) atoms. The minimum absolute atomic E-state index is 0.174. The van der Waals surface area contributed by atoms with Gasteiger partial charge in [-0.25, -0.2) is 9.67 Å². The molecule has 2 aromatic rings. The van der Waals surface area contributed by atoms with E-state index in [-0.39, 0.29) is 6.04 Å². The van der Waals surface area contributed by atoms with Gasteiger partial charge >= 0.3 is 0 Å². The molecule has 0 spiro atoms. The zero-order valence-electron chi connectivity index (χ0n) is 13.4. The third-order valence-electron chi connectivity index (χ3n) is 3.61. The summed E-state index contributed by atoms with van der Waals surface area (Å²) in [5.74, 6) is 1.00. The molecule has 0 amide bonds. The second-order valence-electron chi connectivity index (χ2n) is 5.43. The minimum Gasteiger partial charge on any atom is -0.309 e.